The minimum absolute atomic E-state index is 0. The van der Waals surface area contributed by atoms with Crippen molar-refractivity contribution in [3.05, 3.63) is 35.4 Å². The summed E-state index contributed by atoms with van der Waals surface area (Å²) < 4.78 is 9.35. The third-order valence-corrected chi connectivity index (χ3v) is 1.68. The van der Waals surface area contributed by atoms with E-state index < -0.39 is 0 Å². The fourth-order valence-electron chi connectivity index (χ4n) is 1.04. The van der Waals surface area contributed by atoms with Crippen LogP contribution in [0.3, 0.4) is 0 Å². The zero-order valence-corrected chi connectivity index (χ0v) is 9.04. The van der Waals surface area contributed by atoms with E-state index in [4.69, 9.17) is 10.1 Å². The molecule has 4 nitrogen and oxygen atoms in total. The Balaban J connectivity index is 0.00000196. The average Bonchev–Trinajstić information content (AvgIpc) is 2.25. The van der Waals surface area contributed by atoms with Crippen LogP contribution >= 0.6 is 12.4 Å². The van der Waals surface area contributed by atoms with E-state index in [1.807, 2.05) is 6.07 Å². The summed E-state index contributed by atoms with van der Waals surface area (Å²) in [5, 5.41) is 6.69. The van der Waals surface area contributed by atoms with Gasteiger partial charge in [-0.2, -0.15) is 0 Å². The Morgan fingerprint density at radius 2 is 2.27 bits per heavy atom. The van der Waals surface area contributed by atoms with Crippen molar-refractivity contribution in [2.45, 2.75) is 6.61 Å². The lowest BCUT2D eigenvalue weighted by Gasteiger charge is -2.02. The van der Waals surface area contributed by atoms with Crippen LogP contribution in [0.2, 0.25) is 0 Å². The van der Waals surface area contributed by atoms with Gasteiger partial charge in [0.2, 0.25) is 0 Å². The van der Waals surface area contributed by atoms with Crippen molar-refractivity contribution < 1.29 is 14.3 Å². The zero-order chi connectivity index (χ0) is 10.4. The molecule has 0 aliphatic carbocycles. The van der Waals surface area contributed by atoms with Crippen molar-refractivity contribution in [3.63, 3.8) is 0 Å². The van der Waals surface area contributed by atoms with Crippen LogP contribution < -0.4 is 0 Å². The molecule has 0 aromatic heterocycles. The highest BCUT2D eigenvalue weighted by molar-refractivity contribution is 5.89. The molecule has 5 heteroatoms. The number of nitrogens with one attached hydrogen (secondary N) is 1. The summed E-state index contributed by atoms with van der Waals surface area (Å²) in [6, 6.07) is 6.90. The van der Waals surface area contributed by atoms with Gasteiger partial charge >= 0.3 is 5.97 Å². The minimum Gasteiger partial charge on any atom is -0.479 e. The first-order chi connectivity index (χ1) is 6.77. The smallest absolute Gasteiger partial charge is 0.337 e. The van der Waals surface area contributed by atoms with Crippen molar-refractivity contribution in [1.29, 1.82) is 5.41 Å². The van der Waals surface area contributed by atoms with Crippen molar-refractivity contribution in [2.75, 3.05) is 7.11 Å². The molecule has 0 fully saturated rings. The molecule has 15 heavy (non-hydrogen) atoms. The van der Waals surface area contributed by atoms with Gasteiger partial charge in [0.25, 0.3) is 0 Å². The van der Waals surface area contributed by atoms with Crippen molar-refractivity contribution in [1.82, 2.24) is 0 Å². The Morgan fingerprint density at radius 1 is 1.53 bits per heavy atom. The lowest BCUT2D eigenvalue weighted by atomic mass is 10.1. The first-order valence-electron chi connectivity index (χ1n) is 4.05. The zero-order valence-electron chi connectivity index (χ0n) is 8.23. The maximum Gasteiger partial charge on any atom is 0.337 e. The second kappa shape index (κ2) is 6.84. The maximum absolute atomic E-state index is 11.1. The third kappa shape index (κ3) is 3.99. The summed E-state index contributed by atoms with van der Waals surface area (Å²) in [6.07, 6.45) is 0.866. The van der Waals surface area contributed by atoms with Gasteiger partial charge in [0.15, 0.2) is 6.40 Å². The SMILES string of the molecule is COC(=O)c1cccc(COC=N)c1.Cl. The van der Waals surface area contributed by atoms with Gasteiger partial charge in [-0.15, -0.1) is 12.4 Å². The summed E-state index contributed by atoms with van der Waals surface area (Å²) in [7, 11) is 1.34. The van der Waals surface area contributed by atoms with Gasteiger partial charge in [0.1, 0.15) is 6.61 Å². The van der Waals surface area contributed by atoms with Gasteiger partial charge in [0.05, 0.1) is 12.7 Å². The van der Waals surface area contributed by atoms with E-state index in [0.29, 0.717) is 5.56 Å². The molecule has 0 saturated heterocycles. The molecular formula is C10H12ClNO3. The van der Waals surface area contributed by atoms with Gasteiger partial charge in [0, 0.05) is 0 Å². The predicted octanol–water partition coefficient (Wildman–Crippen LogP) is 2.02. The number of esters is 1. The molecule has 0 saturated carbocycles. The molecule has 0 spiro atoms. The number of hydrogen-bond donors (Lipinski definition) is 1. The second-order valence-electron chi connectivity index (χ2n) is 2.62. The van der Waals surface area contributed by atoms with Gasteiger partial charge in [-0.1, -0.05) is 12.1 Å². The molecule has 1 rings (SSSR count). The summed E-state index contributed by atoms with van der Waals surface area (Å²) in [6.45, 7) is 0.286. The second-order valence-corrected chi connectivity index (χ2v) is 2.62. The molecule has 0 unspecified atom stereocenters. The van der Waals surface area contributed by atoms with Gasteiger partial charge in [-0.25, -0.2) is 4.79 Å². The summed E-state index contributed by atoms with van der Waals surface area (Å²) in [5.41, 5.74) is 1.31. The molecular weight excluding hydrogens is 218 g/mol. The fraction of sp³-hybridized carbons (Fsp3) is 0.200. The van der Waals surface area contributed by atoms with Crippen molar-refractivity contribution in [2.24, 2.45) is 0 Å². The average molecular weight is 230 g/mol. The Labute approximate surface area is 94.1 Å². The quantitative estimate of drug-likeness (QED) is 0.488. The maximum atomic E-state index is 11.1. The number of carbonyl (C=O) groups excluding carboxylic acids is 1. The number of carbonyl (C=O) groups is 1. The number of rotatable bonds is 4. The Bertz CT molecular complexity index is 341. The van der Waals surface area contributed by atoms with E-state index in [2.05, 4.69) is 4.74 Å². The van der Waals surface area contributed by atoms with Gasteiger partial charge < -0.3 is 9.47 Å². The Morgan fingerprint density at radius 3 is 2.87 bits per heavy atom. The van der Waals surface area contributed by atoms with Crippen LogP contribution in [0.25, 0.3) is 0 Å². The highest BCUT2D eigenvalue weighted by atomic mass is 35.5. The highest BCUT2D eigenvalue weighted by Gasteiger charge is 2.04. The normalized spacial score (nSPS) is 8.60. The van der Waals surface area contributed by atoms with Gasteiger partial charge in [-0.3, -0.25) is 5.41 Å². The van der Waals surface area contributed by atoms with Crippen LogP contribution in [-0.4, -0.2) is 19.5 Å². The number of benzene rings is 1. The van der Waals surface area contributed by atoms with E-state index in [1.165, 1.54) is 7.11 Å². The molecule has 0 bridgehead atoms. The van der Waals surface area contributed by atoms with Crippen molar-refractivity contribution >= 4 is 24.8 Å². The number of methoxy groups -OCH3 is 1. The third-order valence-electron chi connectivity index (χ3n) is 1.68. The van der Waals surface area contributed by atoms with E-state index >= 15 is 0 Å². The van der Waals surface area contributed by atoms with Crippen LogP contribution in [0.1, 0.15) is 15.9 Å². The molecule has 0 aliphatic heterocycles. The highest BCUT2D eigenvalue weighted by Crippen LogP contribution is 2.07. The number of hydrogen-bond acceptors (Lipinski definition) is 4. The summed E-state index contributed by atoms with van der Waals surface area (Å²) in [5.74, 6) is -0.373. The minimum atomic E-state index is -0.373. The van der Waals surface area contributed by atoms with E-state index in [1.54, 1.807) is 18.2 Å². The summed E-state index contributed by atoms with van der Waals surface area (Å²) >= 11 is 0. The molecule has 1 N–H and O–H groups in total. The molecule has 82 valence electrons. The molecule has 0 amide bonds. The van der Waals surface area contributed by atoms with Crippen LogP contribution in [0.5, 0.6) is 0 Å². The number of halogens is 1. The van der Waals surface area contributed by atoms with Crippen LogP contribution in [0.4, 0.5) is 0 Å². The monoisotopic (exact) mass is 229 g/mol. The topological polar surface area (TPSA) is 59.4 Å². The largest absolute Gasteiger partial charge is 0.479 e. The first kappa shape index (κ1) is 13.4. The molecule has 1 aromatic carbocycles. The molecule has 0 atom stereocenters. The molecule has 1 aromatic rings. The van der Waals surface area contributed by atoms with E-state index in [-0.39, 0.29) is 25.0 Å². The van der Waals surface area contributed by atoms with Crippen molar-refractivity contribution in [3.8, 4) is 0 Å². The lowest BCUT2D eigenvalue weighted by Crippen LogP contribution is -2.02. The molecule has 0 heterocycles. The Hall–Kier alpha value is -1.55. The molecule has 0 aliphatic rings. The Kier molecular flexibility index (Phi) is 6.13. The lowest BCUT2D eigenvalue weighted by molar-refractivity contribution is 0.0600. The fourth-order valence-corrected chi connectivity index (χ4v) is 1.04. The van der Waals surface area contributed by atoms with Gasteiger partial charge in [-0.05, 0) is 17.7 Å². The van der Waals surface area contributed by atoms with Crippen LogP contribution in [0.15, 0.2) is 24.3 Å². The number of ether oxygens (including phenoxy) is 2. The van der Waals surface area contributed by atoms with Crippen LogP contribution in [0, 0.1) is 5.41 Å². The molecule has 0 radical (unpaired) electrons. The standard InChI is InChI=1S/C10H11NO3.ClH/c1-13-10(12)9-4-2-3-8(5-9)6-14-7-11;/h2-5,7,11H,6H2,1H3;1H. The van der Waals surface area contributed by atoms with E-state index in [0.717, 1.165) is 12.0 Å². The summed E-state index contributed by atoms with van der Waals surface area (Å²) in [4.78, 5) is 11.1. The van der Waals surface area contributed by atoms with E-state index in [9.17, 15) is 4.79 Å². The van der Waals surface area contributed by atoms with Crippen LogP contribution in [-0.2, 0) is 16.1 Å². The predicted molar refractivity (Wildman–Crippen MR) is 58.6 cm³/mol. The first-order valence-corrected chi connectivity index (χ1v) is 4.05.